The lowest BCUT2D eigenvalue weighted by molar-refractivity contribution is -0.113. The largest absolute Gasteiger partial charge is 0.313 e. The predicted molar refractivity (Wildman–Crippen MR) is 56.7 cm³/mol. The Kier molecular flexibility index (Phi) is 6.15. The van der Waals surface area contributed by atoms with Gasteiger partial charge in [0.1, 0.15) is 0 Å². The third-order valence-corrected chi connectivity index (χ3v) is 1.83. The topological polar surface area (TPSA) is 29.1 Å². The van der Waals surface area contributed by atoms with E-state index in [-0.39, 0.29) is 5.78 Å². The molecule has 0 saturated heterocycles. The second-order valence-electron chi connectivity index (χ2n) is 3.20. The van der Waals surface area contributed by atoms with E-state index in [4.69, 9.17) is 0 Å². The normalized spacial score (nSPS) is 13.2. The maximum Gasteiger partial charge on any atom is 0.155 e. The number of likely N-dealkylation sites (N-methyl/N-ethyl adjacent to an activating group) is 1. The monoisotopic (exact) mass is 181 g/mol. The van der Waals surface area contributed by atoms with E-state index in [1.807, 2.05) is 26.0 Å². The molecule has 2 heteroatoms. The van der Waals surface area contributed by atoms with Crippen LogP contribution in [0, 0.1) is 0 Å². The van der Waals surface area contributed by atoms with Gasteiger partial charge in [0, 0.05) is 6.54 Å². The number of carbonyl (C=O) groups is 1. The Labute approximate surface area is 80.7 Å². The van der Waals surface area contributed by atoms with Gasteiger partial charge in [0.2, 0.25) is 0 Å². The highest BCUT2D eigenvalue weighted by atomic mass is 16.1. The minimum absolute atomic E-state index is 0.132. The Bertz CT molecular complexity index is 226. The van der Waals surface area contributed by atoms with E-state index in [9.17, 15) is 4.79 Å². The van der Waals surface area contributed by atoms with Crippen molar-refractivity contribution in [2.24, 2.45) is 0 Å². The van der Waals surface area contributed by atoms with E-state index >= 15 is 0 Å². The molecule has 2 nitrogen and oxygen atoms in total. The number of hydrogen-bond acceptors (Lipinski definition) is 2. The smallest absolute Gasteiger partial charge is 0.155 e. The van der Waals surface area contributed by atoms with Gasteiger partial charge in [0.25, 0.3) is 0 Å². The molecule has 0 aliphatic rings. The number of Topliss-reactive ketones (excluding diaryl/α,β-unsaturated/α-hetero) is 1. The van der Waals surface area contributed by atoms with Crippen LogP contribution < -0.4 is 5.32 Å². The van der Waals surface area contributed by atoms with Crippen molar-refractivity contribution >= 4 is 5.78 Å². The van der Waals surface area contributed by atoms with Gasteiger partial charge in [-0.2, -0.15) is 0 Å². The first-order chi connectivity index (χ1) is 6.07. The van der Waals surface area contributed by atoms with Crippen LogP contribution in [0.3, 0.4) is 0 Å². The van der Waals surface area contributed by atoms with E-state index in [2.05, 4.69) is 12.2 Å². The Morgan fingerprint density at radius 1 is 1.23 bits per heavy atom. The molecule has 1 N–H and O–H groups in total. The molecule has 0 fully saturated rings. The fraction of sp³-hybridized carbons (Fsp3) is 0.545. The molecule has 0 rings (SSSR count). The fourth-order valence-electron chi connectivity index (χ4n) is 0.766. The zero-order chi connectivity index (χ0) is 10.3. The Morgan fingerprint density at radius 2 is 1.85 bits per heavy atom. The summed E-state index contributed by atoms with van der Waals surface area (Å²) in [6, 6.07) is 0. The molecule has 0 aromatic rings. The summed E-state index contributed by atoms with van der Waals surface area (Å²) in [4.78, 5) is 10.9. The van der Waals surface area contributed by atoms with Gasteiger partial charge < -0.3 is 5.32 Å². The summed E-state index contributed by atoms with van der Waals surface area (Å²) < 4.78 is 0. The molecule has 0 spiro atoms. The van der Waals surface area contributed by atoms with Crippen LogP contribution in [0.2, 0.25) is 0 Å². The van der Waals surface area contributed by atoms with Gasteiger partial charge in [0.05, 0.1) is 0 Å². The second kappa shape index (κ2) is 6.61. The number of allylic oxidation sites excluding steroid dienone is 3. The third kappa shape index (κ3) is 6.29. The molecule has 0 aliphatic heterocycles. The van der Waals surface area contributed by atoms with Crippen LogP contribution in [0.4, 0.5) is 0 Å². The minimum atomic E-state index is 0.132. The highest BCUT2D eigenvalue weighted by Crippen LogP contribution is 1.97. The standard InChI is InChI=1S/C11H19NO/c1-5-12-8-9(2)6-7-10(3)11(4)13/h6-7,12H,5,8H2,1-4H3/b9-6+,10-7+. The summed E-state index contributed by atoms with van der Waals surface area (Å²) in [5.41, 5.74) is 2.04. The average molecular weight is 181 g/mol. The SMILES string of the molecule is CCNC/C(C)=C/C=C(\C)C(C)=O. The maximum absolute atomic E-state index is 10.9. The summed E-state index contributed by atoms with van der Waals surface area (Å²) in [7, 11) is 0. The molecule has 0 aromatic carbocycles. The van der Waals surface area contributed by atoms with Gasteiger partial charge in [-0.05, 0) is 32.9 Å². The highest BCUT2D eigenvalue weighted by Gasteiger charge is 1.93. The van der Waals surface area contributed by atoms with Gasteiger partial charge in [-0.15, -0.1) is 0 Å². The quantitative estimate of drug-likeness (QED) is 0.519. The Hall–Kier alpha value is -0.890. The minimum Gasteiger partial charge on any atom is -0.313 e. The highest BCUT2D eigenvalue weighted by molar-refractivity contribution is 5.92. The first-order valence-corrected chi connectivity index (χ1v) is 4.63. The van der Waals surface area contributed by atoms with Crippen molar-refractivity contribution in [2.75, 3.05) is 13.1 Å². The van der Waals surface area contributed by atoms with Crippen LogP contribution >= 0.6 is 0 Å². The molecular formula is C11H19NO. The molecule has 0 heterocycles. The number of ketones is 1. The first-order valence-electron chi connectivity index (χ1n) is 4.63. The van der Waals surface area contributed by atoms with E-state index in [0.717, 1.165) is 18.7 Å². The third-order valence-electron chi connectivity index (χ3n) is 1.83. The molecule has 13 heavy (non-hydrogen) atoms. The second-order valence-corrected chi connectivity index (χ2v) is 3.20. The van der Waals surface area contributed by atoms with Crippen LogP contribution in [-0.2, 0) is 4.79 Å². The molecular weight excluding hydrogens is 162 g/mol. The van der Waals surface area contributed by atoms with Crippen LogP contribution in [-0.4, -0.2) is 18.9 Å². The van der Waals surface area contributed by atoms with Gasteiger partial charge in [-0.1, -0.05) is 24.6 Å². The number of hydrogen-bond donors (Lipinski definition) is 1. The van der Waals surface area contributed by atoms with E-state index in [1.54, 1.807) is 6.92 Å². The summed E-state index contributed by atoms with van der Waals surface area (Å²) >= 11 is 0. The summed E-state index contributed by atoms with van der Waals surface area (Å²) in [6.07, 6.45) is 3.86. The summed E-state index contributed by atoms with van der Waals surface area (Å²) in [6.45, 7) is 9.40. The zero-order valence-electron chi connectivity index (χ0n) is 8.98. The number of nitrogens with one attached hydrogen (secondary N) is 1. The van der Waals surface area contributed by atoms with Crippen LogP contribution in [0.1, 0.15) is 27.7 Å². The van der Waals surface area contributed by atoms with Crippen LogP contribution in [0.15, 0.2) is 23.3 Å². The lowest BCUT2D eigenvalue weighted by atomic mass is 10.2. The molecule has 0 bridgehead atoms. The van der Waals surface area contributed by atoms with E-state index in [0.29, 0.717) is 0 Å². The maximum atomic E-state index is 10.9. The lowest BCUT2D eigenvalue weighted by Gasteiger charge is -1.99. The van der Waals surface area contributed by atoms with Crippen molar-refractivity contribution in [2.45, 2.75) is 27.7 Å². The van der Waals surface area contributed by atoms with Gasteiger partial charge >= 0.3 is 0 Å². The van der Waals surface area contributed by atoms with Gasteiger partial charge in [-0.3, -0.25) is 4.79 Å². The molecule has 0 aliphatic carbocycles. The van der Waals surface area contributed by atoms with Crippen LogP contribution in [0.5, 0.6) is 0 Å². The molecule has 0 aromatic heterocycles. The zero-order valence-corrected chi connectivity index (χ0v) is 8.98. The molecule has 74 valence electrons. The van der Waals surface area contributed by atoms with Crippen molar-refractivity contribution in [3.05, 3.63) is 23.3 Å². The predicted octanol–water partition coefficient (Wildman–Crippen LogP) is 2.08. The van der Waals surface area contributed by atoms with Crippen molar-refractivity contribution < 1.29 is 4.79 Å². The van der Waals surface area contributed by atoms with Crippen molar-refractivity contribution in [3.63, 3.8) is 0 Å². The van der Waals surface area contributed by atoms with Crippen molar-refractivity contribution in [1.82, 2.24) is 5.32 Å². The van der Waals surface area contributed by atoms with Crippen LogP contribution in [0.25, 0.3) is 0 Å². The van der Waals surface area contributed by atoms with Gasteiger partial charge in [0.15, 0.2) is 5.78 Å². The summed E-state index contributed by atoms with van der Waals surface area (Å²) in [5, 5.41) is 3.22. The average Bonchev–Trinajstić information content (AvgIpc) is 2.10. The van der Waals surface area contributed by atoms with Crippen molar-refractivity contribution in [3.8, 4) is 0 Å². The molecule has 0 atom stereocenters. The van der Waals surface area contributed by atoms with Crippen molar-refractivity contribution in [1.29, 1.82) is 0 Å². The fourth-order valence-corrected chi connectivity index (χ4v) is 0.766. The Balaban J connectivity index is 4.08. The Morgan fingerprint density at radius 3 is 2.31 bits per heavy atom. The van der Waals surface area contributed by atoms with E-state index < -0.39 is 0 Å². The first kappa shape index (κ1) is 12.1. The molecule has 0 saturated carbocycles. The van der Waals surface area contributed by atoms with E-state index in [1.165, 1.54) is 5.57 Å². The number of rotatable bonds is 5. The number of carbonyl (C=O) groups excluding carboxylic acids is 1. The molecule has 0 unspecified atom stereocenters. The molecule has 0 amide bonds. The molecule has 0 radical (unpaired) electrons. The van der Waals surface area contributed by atoms with Gasteiger partial charge in [-0.25, -0.2) is 0 Å². The summed E-state index contributed by atoms with van der Waals surface area (Å²) in [5.74, 6) is 0.132. The lowest BCUT2D eigenvalue weighted by Crippen LogP contribution is -2.14.